The van der Waals surface area contributed by atoms with Gasteiger partial charge in [0.15, 0.2) is 6.10 Å². The van der Waals surface area contributed by atoms with Crippen LogP contribution in [0.1, 0.15) is 54.6 Å². The lowest BCUT2D eigenvalue weighted by atomic mass is 10.0. The van der Waals surface area contributed by atoms with E-state index in [2.05, 4.69) is 19.9 Å². The molecule has 0 aliphatic carbocycles. The van der Waals surface area contributed by atoms with Crippen LogP contribution in [0.4, 0.5) is 0 Å². The zero-order valence-electron chi connectivity index (χ0n) is 18.4. The van der Waals surface area contributed by atoms with Crippen molar-refractivity contribution in [3.63, 3.8) is 0 Å². The average molecular weight is 409 g/mol. The van der Waals surface area contributed by atoms with Gasteiger partial charge in [0.05, 0.1) is 0 Å². The van der Waals surface area contributed by atoms with Gasteiger partial charge in [0.1, 0.15) is 5.75 Å². The van der Waals surface area contributed by atoms with Crippen LogP contribution in [0.15, 0.2) is 48.5 Å². The molecule has 0 spiro atoms. The van der Waals surface area contributed by atoms with Gasteiger partial charge >= 0.3 is 0 Å². The number of carbonyl (C=O) groups is 2. The summed E-state index contributed by atoms with van der Waals surface area (Å²) in [6.45, 7) is 10.4. The van der Waals surface area contributed by atoms with Crippen molar-refractivity contribution in [2.24, 2.45) is 0 Å². The summed E-state index contributed by atoms with van der Waals surface area (Å²) >= 11 is 0. The van der Waals surface area contributed by atoms with Crippen molar-refractivity contribution in [2.45, 2.75) is 46.1 Å². The summed E-state index contributed by atoms with van der Waals surface area (Å²) in [5, 5.41) is 0. The Labute approximate surface area is 179 Å². The Morgan fingerprint density at radius 2 is 1.57 bits per heavy atom. The number of amides is 2. The van der Waals surface area contributed by atoms with E-state index >= 15 is 0 Å². The van der Waals surface area contributed by atoms with Crippen molar-refractivity contribution in [1.29, 1.82) is 0 Å². The summed E-state index contributed by atoms with van der Waals surface area (Å²) in [4.78, 5) is 29.4. The zero-order chi connectivity index (χ0) is 21.7. The standard InChI is InChI=1S/C25H32N2O3/c1-18(2)22-12-11-19(3)23(17-22)30-20(4)24(28)26-13-8-14-27(16-15-26)25(29)21-9-6-5-7-10-21/h5-7,9-12,17-18,20H,8,13-16H2,1-4H3. The molecular weight excluding hydrogens is 376 g/mol. The number of hydrogen-bond acceptors (Lipinski definition) is 3. The molecule has 1 aliphatic heterocycles. The van der Waals surface area contributed by atoms with Crippen LogP contribution in [0.5, 0.6) is 5.75 Å². The number of rotatable bonds is 5. The van der Waals surface area contributed by atoms with Gasteiger partial charge < -0.3 is 14.5 Å². The van der Waals surface area contributed by atoms with Gasteiger partial charge in [-0.05, 0) is 55.5 Å². The van der Waals surface area contributed by atoms with E-state index in [1.807, 2.05) is 66.1 Å². The normalized spacial score (nSPS) is 15.6. The van der Waals surface area contributed by atoms with Crippen molar-refractivity contribution in [3.8, 4) is 5.75 Å². The Bertz CT molecular complexity index is 879. The largest absolute Gasteiger partial charge is 0.481 e. The lowest BCUT2D eigenvalue weighted by molar-refractivity contribution is -0.137. The summed E-state index contributed by atoms with van der Waals surface area (Å²) in [6, 6.07) is 15.5. The second-order valence-electron chi connectivity index (χ2n) is 8.28. The fourth-order valence-electron chi connectivity index (χ4n) is 3.70. The van der Waals surface area contributed by atoms with E-state index in [4.69, 9.17) is 4.74 Å². The van der Waals surface area contributed by atoms with Crippen LogP contribution >= 0.6 is 0 Å². The van der Waals surface area contributed by atoms with E-state index in [0.717, 1.165) is 17.7 Å². The molecule has 2 aromatic rings. The molecule has 0 N–H and O–H groups in total. The molecule has 1 unspecified atom stereocenters. The summed E-state index contributed by atoms with van der Waals surface area (Å²) in [7, 11) is 0. The first-order valence-corrected chi connectivity index (χ1v) is 10.8. The second kappa shape index (κ2) is 9.79. The molecule has 2 amide bonds. The van der Waals surface area contributed by atoms with Crippen LogP contribution in [-0.2, 0) is 4.79 Å². The molecule has 5 heteroatoms. The van der Waals surface area contributed by atoms with Gasteiger partial charge in [-0.1, -0.05) is 44.2 Å². The number of aryl methyl sites for hydroxylation is 1. The van der Waals surface area contributed by atoms with Gasteiger partial charge in [-0.3, -0.25) is 9.59 Å². The molecule has 2 aromatic carbocycles. The topological polar surface area (TPSA) is 49.9 Å². The Hall–Kier alpha value is -2.82. The molecule has 0 radical (unpaired) electrons. The molecule has 1 heterocycles. The van der Waals surface area contributed by atoms with Crippen molar-refractivity contribution < 1.29 is 14.3 Å². The molecule has 160 valence electrons. The van der Waals surface area contributed by atoms with E-state index < -0.39 is 6.10 Å². The molecule has 0 saturated carbocycles. The molecule has 0 bridgehead atoms. The molecular formula is C25H32N2O3. The van der Waals surface area contributed by atoms with Crippen LogP contribution in [0.3, 0.4) is 0 Å². The van der Waals surface area contributed by atoms with Crippen molar-refractivity contribution >= 4 is 11.8 Å². The van der Waals surface area contributed by atoms with Crippen molar-refractivity contribution in [1.82, 2.24) is 9.80 Å². The quantitative estimate of drug-likeness (QED) is 0.743. The van der Waals surface area contributed by atoms with Gasteiger partial charge in [0, 0.05) is 31.7 Å². The van der Waals surface area contributed by atoms with Gasteiger partial charge in [0.25, 0.3) is 11.8 Å². The van der Waals surface area contributed by atoms with Crippen LogP contribution in [-0.4, -0.2) is 53.9 Å². The summed E-state index contributed by atoms with van der Waals surface area (Å²) in [5.41, 5.74) is 2.91. The number of carbonyl (C=O) groups excluding carboxylic acids is 2. The highest BCUT2D eigenvalue weighted by atomic mass is 16.5. The fraction of sp³-hybridized carbons (Fsp3) is 0.440. The summed E-state index contributed by atoms with van der Waals surface area (Å²) < 4.78 is 6.06. The van der Waals surface area contributed by atoms with Crippen LogP contribution in [0.25, 0.3) is 0 Å². The van der Waals surface area contributed by atoms with E-state index in [-0.39, 0.29) is 11.8 Å². The number of nitrogens with zero attached hydrogens (tertiary/aromatic N) is 2. The maximum Gasteiger partial charge on any atom is 0.263 e. The number of benzene rings is 2. The first-order chi connectivity index (χ1) is 14.4. The SMILES string of the molecule is Cc1ccc(C(C)C)cc1OC(C)C(=O)N1CCCN(C(=O)c2ccccc2)CC1. The van der Waals surface area contributed by atoms with E-state index in [9.17, 15) is 9.59 Å². The maximum absolute atomic E-state index is 13.0. The third-order valence-corrected chi connectivity index (χ3v) is 5.65. The van der Waals surface area contributed by atoms with Crippen LogP contribution < -0.4 is 4.74 Å². The monoisotopic (exact) mass is 408 g/mol. The van der Waals surface area contributed by atoms with E-state index in [1.165, 1.54) is 5.56 Å². The average Bonchev–Trinajstić information content (AvgIpc) is 3.01. The smallest absolute Gasteiger partial charge is 0.263 e. The minimum absolute atomic E-state index is 0.0234. The minimum atomic E-state index is -0.567. The predicted molar refractivity (Wildman–Crippen MR) is 119 cm³/mol. The summed E-state index contributed by atoms with van der Waals surface area (Å²) in [5.74, 6) is 1.16. The van der Waals surface area contributed by atoms with Gasteiger partial charge in [0.2, 0.25) is 0 Å². The molecule has 1 saturated heterocycles. The first kappa shape index (κ1) is 21.9. The highest BCUT2D eigenvalue weighted by Crippen LogP contribution is 2.25. The molecule has 1 aliphatic rings. The minimum Gasteiger partial charge on any atom is -0.481 e. The van der Waals surface area contributed by atoms with Crippen molar-refractivity contribution in [2.75, 3.05) is 26.2 Å². The molecule has 1 atom stereocenters. The molecule has 5 nitrogen and oxygen atoms in total. The van der Waals surface area contributed by atoms with Gasteiger partial charge in [-0.2, -0.15) is 0 Å². The zero-order valence-corrected chi connectivity index (χ0v) is 18.4. The summed E-state index contributed by atoms with van der Waals surface area (Å²) in [6.07, 6.45) is 0.196. The van der Waals surface area contributed by atoms with Gasteiger partial charge in [-0.15, -0.1) is 0 Å². The third-order valence-electron chi connectivity index (χ3n) is 5.65. The Morgan fingerprint density at radius 1 is 0.900 bits per heavy atom. The lowest BCUT2D eigenvalue weighted by Gasteiger charge is -2.26. The van der Waals surface area contributed by atoms with Crippen LogP contribution in [0.2, 0.25) is 0 Å². The molecule has 30 heavy (non-hydrogen) atoms. The highest BCUT2D eigenvalue weighted by Gasteiger charge is 2.27. The Balaban J connectivity index is 1.62. The highest BCUT2D eigenvalue weighted by molar-refractivity contribution is 5.94. The second-order valence-corrected chi connectivity index (χ2v) is 8.28. The fourth-order valence-corrected chi connectivity index (χ4v) is 3.70. The van der Waals surface area contributed by atoms with Crippen LogP contribution in [0, 0.1) is 6.92 Å². The van der Waals surface area contributed by atoms with Gasteiger partial charge in [-0.25, -0.2) is 0 Å². The Kier molecular flexibility index (Phi) is 7.14. The Morgan fingerprint density at radius 3 is 2.27 bits per heavy atom. The molecule has 0 aromatic heterocycles. The number of ether oxygens (including phenoxy) is 1. The lowest BCUT2D eigenvalue weighted by Crippen LogP contribution is -2.43. The number of hydrogen-bond donors (Lipinski definition) is 0. The maximum atomic E-state index is 13.0. The van der Waals surface area contributed by atoms with Crippen molar-refractivity contribution in [3.05, 3.63) is 65.2 Å². The molecule has 1 fully saturated rings. The van der Waals surface area contributed by atoms with E-state index in [1.54, 1.807) is 0 Å². The first-order valence-electron chi connectivity index (χ1n) is 10.8. The predicted octanol–water partition coefficient (Wildman–Crippen LogP) is 4.26. The third kappa shape index (κ3) is 5.21. The van der Waals surface area contributed by atoms with E-state index in [0.29, 0.717) is 37.7 Å². The molecule has 3 rings (SSSR count).